The first kappa shape index (κ1) is 13.1. The van der Waals surface area contributed by atoms with E-state index in [4.69, 9.17) is 5.11 Å². The van der Waals surface area contributed by atoms with E-state index in [9.17, 15) is 4.79 Å². The van der Waals surface area contributed by atoms with Gasteiger partial charge in [-0.3, -0.25) is 4.68 Å². The van der Waals surface area contributed by atoms with Gasteiger partial charge in [-0.25, -0.2) is 4.79 Å². The van der Waals surface area contributed by atoms with Crippen molar-refractivity contribution in [3.05, 3.63) is 40.1 Å². The number of aromatic carboxylic acids is 1. The van der Waals surface area contributed by atoms with Crippen LogP contribution in [0.3, 0.4) is 0 Å². The number of aromatic nitrogens is 3. The number of halogens is 1. The van der Waals surface area contributed by atoms with E-state index < -0.39 is 5.97 Å². The van der Waals surface area contributed by atoms with E-state index in [0.29, 0.717) is 10.2 Å². The lowest BCUT2D eigenvalue weighted by Crippen LogP contribution is -1.97. The highest BCUT2D eigenvalue weighted by Crippen LogP contribution is 2.26. The van der Waals surface area contributed by atoms with Crippen molar-refractivity contribution in [2.24, 2.45) is 7.05 Å². The highest BCUT2D eigenvalue weighted by molar-refractivity contribution is 9.10. The van der Waals surface area contributed by atoms with E-state index in [0.717, 1.165) is 10.6 Å². The maximum atomic E-state index is 11.0. The lowest BCUT2D eigenvalue weighted by molar-refractivity contribution is 0.0695. The fraction of sp³-hybridized carbons (Fsp3) is 0.182. The molecule has 1 heterocycles. The van der Waals surface area contributed by atoms with Crippen LogP contribution in [0.25, 0.3) is 0 Å². The number of carbonyl (C=O) groups is 1. The Bertz CT molecular complexity index is 585. The normalized spacial score (nSPS) is 10.6. The summed E-state index contributed by atoms with van der Waals surface area (Å²) in [7, 11) is 1.81. The Hall–Kier alpha value is -1.34. The highest BCUT2D eigenvalue weighted by Gasteiger charge is 2.09. The molecule has 7 heteroatoms. The van der Waals surface area contributed by atoms with Crippen LogP contribution < -0.4 is 0 Å². The minimum absolute atomic E-state index is 0.263. The molecule has 2 rings (SSSR count). The minimum atomic E-state index is -0.941. The van der Waals surface area contributed by atoms with Crippen LogP contribution in [0.2, 0.25) is 0 Å². The molecule has 0 aliphatic heterocycles. The van der Waals surface area contributed by atoms with Crippen LogP contribution in [-0.2, 0) is 12.8 Å². The molecule has 0 unspecified atom stereocenters. The second-order valence-corrected chi connectivity index (χ2v) is 5.52. The second kappa shape index (κ2) is 5.53. The average molecular weight is 328 g/mol. The van der Waals surface area contributed by atoms with Crippen molar-refractivity contribution in [3.63, 3.8) is 0 Å². The summed E-state index contributed by atoms with van der Waals surface area (Å²) < 4.78 is 2.22. The van der Waals surface area contributed by atoms with Crippen molar-refractivity contribution in [1.29, 1.82) is 0 Å². The number of hydrogen-bond donors (Lipinski definition) is 1. The molecule has 94 valence electrons. The molecule has 0 bridgehead atoms. The van der Waals surface area contributed by atoms with Gasteiger partial charge in [-0.05, 0) is 34.1 Å². The predicted molar refractivity (Wildman–Crippen MR) is 71.7 cm³/mol. The van der Waals surface area contributed by atoms with E-state index in [1.165, 1.54) is 11.8 Å². The Balaban J connectivity index is 2.10. The Kier molecular flexibility index (Phi) is 4.03. The molecule has 0 atom stereocenters. The van der Waals surface area contributed by atoms with Crippen LogP contribution in [0.5, 0.6) is 0 Å². The fourth-order valence-electron chi connectivity index (χ4n) is 1.38. The fourth-order valence-corrected chi connectivity index (χ4v) is 2.61. The maximum Gasteiger partial charge on any atom is 0.336 e. The largest absolute Gasteiger partial charge is 0.478 e. The molecule has 18 heavy (non-hydrogen) atoms. The molecule has 0 aliphatic carbocycles. The predicted octanol–water partition coefficient (Wildman–Crippen LogP) is 2.57. The maximum absolute atomic E-state index is 11.0. The number of benzene rings is 1. The molecular formula is C11H10BrN3O2S. The van der Waals surface area contributed by atoms with E-state index >= 15 is 0 Å². The zero-order chi connectivity index (χ0) is 13.1. The molecule has 1 aromatic carbocycles. The number of aryl methyl sites for hydroxylation is 1. The number of rotatable bonds is 4. The van der Waals surface area contributed by atoms with Gasteiger partial charge in [-0.2, -0.15) is 0 Å². The molecule has 5 nitrogen and oxygen atoms in total. The molecular weight excluding hydrogens is 318 g/mol. The molecule has 1 aromatic heterocycles. The summed E-state index contributed by atoms with van der Waals surface area (Å²) in [5.41, 5.74) is 1.13. The van der Waals surface area contributed by atoms with Gasteiger partial charge in [0.05, 0.1) is 11.3 Å². The summed E-state index contributed by atoms with van der Waals surface area (Å²) in [5, 5.41) is 16.8. The van der Waals surface area contributed by atoms with Crippen LogP contribution in [0, 0.1) is 0 Å². The summed E-state index contributed by atoms with van der Waals surface area (Å²) in [6.07, 6.45) is 1.84. The van der Waals surface area contributed by atoms with Gasteiger partial charge in [-0.1, -0.05) is 5.21 Å². The molecule has 1 N–H and O–H groups in total. The molecule has 0 radical (unpaired) electrons. The van der Waals surface area contributed by atoms with Crippen LogP contribution in [0.15, 0.2) is 33.8 Å². The van der Waals surface area contributed by atoms with E-state index in [1.807, 2.05) is 19.3 Å². The molecule has 0 saturated heterocycles. The van der Waals surface area contributed by atoms with Crippen LogP contribution >= 0.6 is 27.7 Å². The Morgan fingerprint density at radius 1 is 1.56 bits per heavy atom. The summed E-state index contributed by atoms with van der Waals surface area (Å²) in [6, 6.07) is 5.26. The van der Waals surface area contributed by atoms with Gasteiger partial charge in [0.15, 0.2) is 0 Å². The van der Waals surface area contributed by atoms with Gasteiger partial charge in [0.2, 0.25) is 0 Å². The molecule has 0 amide bonds. The van der Waals surface area contributed by atoms with E-state index in [2.05, 4.69) is 26.2 Å². The van der Waals surface area contributed by atoms with Crippen molar-refractivity contribution in [2.75, 3.05) is 0 Å². The third-order valence-electron chi connectivity index (χ3n) is 2.21. The van der Waals surface area contributed by atoms with Crippen LogP contribution in [-0.4, -0.2) is 26.1 Å². The molecule has 0 saturated carbocycles. The highest BCUT2D eigenvalue weighted by atomic mass is 79.9. The Morgan fingerprint density at radius 2 is 2.33 bits per heavy atom. The number of thioether (sulfide) groups is 1. The SMILES string of the molecule is Cn1cc(CSc2ccc(Br)c(C(=O)O)c2)nn1. The van der Waals surface area contributed by atoms with Gasteiger partial charge < -0.3 is 5.11 Å². The minimum Gasteiger partial charge on any atom is -0.478 e. The lowest BCUT2D eigenvalue weighted by Gasteiger charge is -2.03. The zero-order valence-corrected chi connectivity index (χ0v) is 11.9. The smallest absolute Gasteiger partial charge is 0.336 e. The Morgan fingerprint density at radius 3 is 2.94 bits per heavy atom. The molecule has 0 fully saturated rings. The molecule has 0 aliphatic rings. The van der Waals surface area contributed by atoms with Crippen molar-refractivity contribution >= 4 is 33.7 Å². The average Bonchev–Trinajstić information content (AvgIpc) is 2.74. The topological polar surface area (TPSA) is 68.0 Å². The van der Waals surface area contributed by atoms with Crippen LogP contribution in [0.4, 0.5) is 0 Å². The zero-order valence-electron chi connectivity index (χ0n) is 9.50. The second-order valence-electron chi connectivity index (χ2n) is 3.62. The van der Waals surface area contributed by atoms with Crippen molar-refractivity contribution in [3.8, 4) is 0 Å². The number of carboxylic acids is 1. The summed E-state index contributed by atoms with van der Waals surface area (Å²) in [6.45, 7) is 0. The van der Waals surface area contributed by atoms with Gasteiger partial charge >= 0.3 is 5.97 Å². The van der Waals surface area contributed by atoms with Gasteiger partial charge in [0, 0.05) is 28.4 Å². The van der Waals surface area contributed by atoms with E-state index in [1.54, 1.807) is 16.8 Å². The first-order valence-corrected chi connectivity index (χ1v) is 6.85. The van der Waals surface area contributed by atoms with E-state index in [-0.39, 0.29) is 5.56 Å². The molecule has 2 aromatic rings. The number of nitrogens with zero attached hydrogens (tertiary/aromatic N) is 3. The van der Waals surface area contributed by atoms with Gasteiger partial charge in [0.25, 0.3) is 0 Å². The summed E-state index contributed by atoms with van der Waals surface area (Å²) >= 11 is 4.74. The summed E-state index contributed by atoms with van der Waals surface area (Å²) in [4.78, 5) is 11.9. The number of carboxylic acid groups (broad SMARTS) is 1. The third kappa shape index (κ3) is 3.11. The van der Waals surface area contributed by atoms with Crippen molar-refractivity contribution in [1.82, 2.24) is 15.0 Å². The quantitative estimate of drug-likeness (QED) is 0.874. The van der Waals surface area contributed by atoms with Gasteiger partial charge in [0.1, 0.15) is 0 Å². The van der Waals surface area contributed by atoms with Crippen LogP contribution in [0.1, 0.15) is 16.1 Å². The number of hydrogen-bond acceptors (Lipinski definition) is 4. The van der Waals surface area contributed by atoms with Gasteiger partial charge in [-0.15, -0.1) is 16.9 Å². The standard InChI is InChI=1S/C11H10BrN3O2S/c1-15-5-7(13-14-15)6-18-8-2-3-10(12)9(4-8)11(16)17/h2-5H,6H2,1H3,(H,16,17). The first-order chi connectivity index (χ1) is 8.56. The third-order valence-corrected chi connectivity index (χ3v) is 3.92. The monoisotopic (exact) mass is 327 g/mol. The summed E-state index contributed by atoms with van der Waals surface area (Å²) in [5.74, 6) is -0.280. The molecule has 0 spiro atoms. The first-order valence-electron chi connectivity index (χ1n) is 5.07. The van der Waals surface area contributed by atoms with Crippen molar-refractivity contribution < 1.29 is 9.90 Å². The van der Waals surface area contributed by atoms with Crippen molar-refractivity contribution in [2.45, 2.75) is 10.6 Å². The Labute approximate surface area is 116 Å². The lowest BCUT2D eigenvalue weighted by atomic mass is 10.2.